The monoisotopic (exact) mass is 302 g/mol. The second-order valence-electron chi connectivity index (χ2n) is 6.69. The van der Waals surface area contributed by atoms with Crippen LogP contribution in [-0.2, 0) is 11.5 Å². The topological polar surface area (TPSA) is 44.3 Å². The van der Waals surface area contributed by atoms with Crippen LogP contribution in [0.15, 0.2) is 24.7 Å². The summed E-state index contributed by atoms with van der Waals surface area (Å²) in [5.41, 5.74) is 4.03. The number of aromatic nitrogens is 4. The average Bonchev–Trinajstić information content (AvgIpc) is 2.98. The van der Waals surface area contributed by atoms with E-state index in [9.17, 15) is 0 Å². The molecule has 0 atom stereocenters. The molecule has 3 aromatic rings. The lowest BCUT2D eigenvalue weighted by Crippen LogP contribution is -2.22. The third-order valence-electron chi connectivity index (χ3n) is 3.65. The summed E-state index contributed by atoms with van der Waals surface area (Å²) >= 11 is 0. The van der Waals surface area contributed by atoms with E-state index in [0.29, 0.717) is 6.73 Å². The second kappa shape index (κ2) is 5.27. The lowest BCUT2D eigenvalue weighted by atomic mass is 10.4. The minimum absolute atomic E-state index is 0.556. The van der Waals surface area contributed by atoms with Gasteiger partial charge in [-0.1, -0.05) is 19.6 Å². The van der Waals surface area contributed by atoms with Gasteiger partial charge in [-0.2, -0.15) is 0 Å². The lowest BCUT2D eigenvalue weighted by Gasteiger charge is -2.15. The Bertz CT molecular complexity index is 769. The maximum atomic E-state index is 5.82. The average molecular weight is 302 g/mol. The highest BCUT2D eigenvalue weighted by Crippen LogP contribution is 2.17. The molecule has 21 heavy (non-hydrogen) atoms. The van der Waals surface area contributed by atoms with Gasteiger partial charge in [-0.3, -0.25) is 4.40 Å². The Kier molecular flexibility index (Phi) is 3.58. The van der Waals surface area contributed by atoms with Crippen molar-refractivity contribution in [3.8, 4) is 0 Å². The van der Waals surface area contributed by atoms with E-state index in [1.54, 1.807) is 0 Å². The Morgan fingerprint density at radius 1 is 1.19 bits per heavy atom. The molecule has 0 N–H and O–H groups in total. The van der Waals surface area contributed by atoms with Crippen LogP contribution < -0.4 is 0 Å². The van der Waals surface area contributed by atoms with Crippen LogP contribution in [0.1, 0.15) is 5.69 Å². The molecule has 0 fully saturated rings. The molecule has 3 rings (SSSR count). The highest BCUT2D eigenvalue weighted by Gasteiger charge is 2.13. The van der Waals surface area contributed by atoms with Gasteiger partial charge in [0.25, 0.3) is 0 Å². The summed E-state index contributed by atoms with van der Waals surface area (Å²) in [5, 5.41) is 0. The molecule has 3 heterocycles. The maximum absolute atomic E-state index is 5.82. The standard InChI is InChI=1S/C15H22N4OSi/c1-12-9-16-14-10-17-15-13(19(12)14)5-6-18(15)11-20-7-8-21(2,3)4/h5-6,9-10H,7-8,11H2,1-4H3. The molecule has 0 aliphatic rings. The summed E-state index contributed by atoms with van der Waals surface area (Å²) in [6, 6.07) is 3.26. The van der Waals surface area contributed by atoms with Crippen molar-refractivity contribution in [3.05, 3.63) is 30.4 Å². The molecular weight excluding hydrogens is 280 g/mol. The summed E-state index contributed by atoms with van der Waals surface area (Å²) in [4.78, 5) is 8.86. The van der Waals surface area contributed by atoms with Gasteiger partial charge in [0.05, 0.1) is 11.7 Å². The fourth-order valence-electron chi connectivity index (χ4n) is 2.39. The number of nitrogens with zero attached hydrogens (tertiary/aromatic N) is 4. The van der Waals surface area contributed by atoms with Crippen molar-refractivity contribution >= 4 is 24.9 Å². The third kappa shape index (κ3) is 2.86. The minimum Gasteiger partial charge on any atom is -0.361 e. The van der Waals surface area contributed by atoms with Crippen molar-refractivity contribution in [1.29, 1.82) is 0 Å². The van der Waals surface area contributed by atoms with Crippen LogP contribution in [-0.4, -0.2) is 33.6 Å². The first kappa shape index (κ1) is 14.3. The Hall–Kier alpha value is -1.66. The van der Waals surface area contributed by atoms with E-state index < -0.39 is 8.07 Å². The normalized spacial score (nSPS) is 12.6. The molecule has 5 nitrogen and oxygen atoms in total. The van der Waals surface area contributed by atoms with Crippen LogP contribution in [0.4, 0.5) is 0 Å². The van der Waals surface area contributed by atoms with Gasteiger partial charge in [0.15, 0.2) is 11.3 Å². The Morgan fingerprint density at radius 2 is 2.00 bits per heavy atom. The third-order valence-corrected chi connectivity index (χ3v) is 5.35. The van der Waals surface area contributed by atoms with E-state index in [2.05, 4.69) is 51.6 Å². The number of aryl methyl sites for hydroxylation is 1. The van der Waals surface area contributed by atoms with Crippen molar-refractivity contribution in [2.75, 3.05) is 6.61 Å². The Labute approximate surface area is 125 Å². The van der Waals surface area contributed by atoms with Crippen molar-refractivity contribution < 1.29 is 4.74 Å². The van der Waals surface area contributed by atoms with Gasteiger partial charge >= 0.3 is 0 Å². The van der Waals surface area contributed by atoms with Crippen LogP contribution in [0.2, 0.25) is 25.7 Å². The molecule has 0 radical (unpaired) electrons. The summed E-state index contributed by atoms with van der Waals surface area (Å²) in [6.07, 6.45) is 5.72. The second-order valence-corrected chi connectivity index (χ2v) is 12.3. The SMILES string of the molecule is Cc1cnc2cnc3c(ccn3COCC[Si](C)(C)C)n12. The first-order valence-electron chi connectivity index (χ1n) is 7.31. The van der Waals surface area contributed by atoms with Crippen molar-refractivity contribution in [3.63, 3.8) is 0 Å². The van der Waals surface area contributed by atoms with Gasteiger partial charge in [-0.25, -0.2) is 9.97 Å². The number of hydrogen-bond acceptors (Lipinski definition) is 3. The summed E-state index contributed by atoms with van der Waals surface area (Å²) in [7, 11) is -1.03. The number of imidazole rings is 1. The minimum atomic E-state index is -1.03. The Morgan fingerprint density at radius 3 is 2.76 bits per heavy atom. The number of hydrogen-bond donors (Lipinski definition) is 0. The first-order chi connectivity index (χ1) is 9.96. The molecular formula is C15H22N4OSi. The highest BCUT2D eigenvalue weighted by molar-refractivity contribution is 6.76. The highest BCUT2D eigenvalue weighted by atomic mass is 28.3. The summed E-state index contributed by atoms with van der Waals surface area (Å²) < 4.78 is 10.00. The Balaban J connectivity index is 1.81. The van der Waals surface area contributed by atoms with E-state index in [-0.39, 0.29) is 0 Å². The number of ether oxygens (including phenoxy) is 1. The van der Waals surface area contributed by atoms with Crippen molar-refractivity contribution in [2.24, 2.45) is 0 Å². The predicted molar refractivity (Wildman–Crippen MR) is 87.3 cm³/mol. The largest absolute Gasteiger partial charge is 0.361 e. The molecule has 0 saturated carbocycles. The zero-order valence-corrected chi connectivity index (χ0v) is 14.1. The van der Waals surface area contributed by atoms with Crippen molar-refractivity contribution in [1.82, 2.24) is 18.9 Å². The fourth-order valence-corrected chi connectivity index (χ4v) is 3.15. The summed E-state index contributed by atoms with van der Waals surface area (Å²) in [5.74, 6) is 0. The van der Waals surface area contributed by atoms with Crippen molar-refractivity contribution in [2.45, 2.75) is 39.3 Å². The summed E-state index contributed by atoms with van der Waals surface area (Å²) in [6.45, 7) is 10.5. The molecule has 0 aromatic carbocycles. The predicted octanol–water partition coefficient (Wildman–Crippen LogP) is 3.30. The zero-order chi connectivity index (χ0) is 15.0. The van der Waals surface area contributed by atoms with Gasteiger partial charge in [0.2, 0.25) is 0 Å². The van der Waals surface area contributed by atoms with Crippen LogP contribution >= 0.6 is 0 Å². The van der Waals surface area contributed by atoms with E-state index in [0.717, 1.165) is 29.1 Å². The molecule has 0 amide bonds. The molecule has 6 heteroatoms. The van der Waals surface area contributed by atoms with Gasteiger partial charge in [-0.05, 0) is 19.0 Å². The molecule has 0 aliphatic heterocycles. The molecule has 112 valence electrons. The zero-order valence-electron chi connectivity index (χ0n) is 13.1. The lowest BCUT2D eigenvalue weighted by molar-refractivity contribution is 0.0899. The van der Waals surface area contributed by atoms with Gasteiger partial charge in [0.1, 0.15) is 6.73 Å². The van der Waals surface area contributed by atoms with Gasteiger partial charge in [0, 0.05) is 32.8 Å². The molecule has 0 unspecified atom stereocenters. The van der Waals surface area contributed by atoms with E-state index >= 15 is 0 Å². The van der Waals surface area contributed by atoms with Crippen LogP contribution in [0.3, 0.4) is 0 Å². The first-order valence-corrected chi connectivity index (χ1v) is 11.0. The van der Waals surface area contributed by atoms with Gasteiger partial charge < -0.3 is 9.30 Å². The molecule has 3 aromatic heterocycles. The number of fused-ring (bicyclic) bond motifs is 3. The van der Waals surface area contributed by atoms with Crippen LogP contribution in [0.25, 0.3) is 16.8 Å². The molecule has 0 bridgehead atoms. The van der Waals surface area contributed by atoms with E-state index in [1.807, 2.05) is 18.6 Å². The maximum Gasteiger partial charge on any atom is 0.159 e. The van der Waals surface area contributed by atoms with E-state index in [4.69, 9.17) is 4.74 Å². The quantitative estimate of drug-likeness (QED) is 0.536. The fraction of sp³-hybridized carbons (Fsp3) is 0.467. The number of rotatable bonds is 5. The van der Waals surface area contributed by atoms with E-state index in [1.165, 1.54) is 6.04 Å². The molecule has 0 saturated heterocycles. The van der Waals surface area contributed by atoms with Gasteiger partial charge in [-0.15, -0.1) is 0 Å². The molecule has 0 aliphatic carbocycles. The van der Waals surface area contributed by atoms with Crippen LogP contribution in [0.5, 0.6) is 0 Å². The van der Waals surface area contributed by atoms with Crippen LogP contribution in [0, 0.1) is 6.92 Å². The smallest absolute Gasteiger partial charge is 0.159 e. The molecule has 0 spiro atoms.